The first-order valence-electron chi connectivity index (χ1n) is 3.02. The molecule has 0 saturated carbocycles. The van der Waals surface area contributed by atoms with Crippen molar-refractivity contribution in [2.45, 2.75) is 25.4 Å². The van der Waals surface area contributed by atoms with Crippen molar-refractivity contribution in [1.29, 1.82) is 0 Å². The summed E-state index contributed by atoms with van der Waals surface area (Å²) in [7, 11) is 0. The van der Waals surface area contributed by atoms with Gasteiger partial charge in [-0.3, -0.25) is 0 Å². The topological polar surface area (TPSA) is 24.1 Å². The third-order valence-corrected chi connectivity index (χ3v) is 2.58. The fraction of sp³-hybridized carbons (Fsp3) is 1.00. The van der Waals surface area contributed by atoms with Crippen LogP contribution in [0.4, 0.5) is 0 Å². The van der Waals surface area contributed by atoms with E-state index in [0.29, 0.717) is 0 Å². The van der Waals surface area contributed by atoms with Gasteiger partial charge in [0.15, 0.2) is 0 Å². The molecule has 0 bridgehead atoms. The van der Waals surface area contributed by atoms with Gasteiger partial charge in [-0.25, -0.2) is 0 Å². The first-order chi connectivity index (χ1) is 3.83. The van der Waals surface area contributed by atoms with Gasteiger partial charge in [-0.1, -0.05) is 0 Å². The van der Waals surface area contributed by atoms with Crippen molar-refractivity contribution in [2.24, 2.45) is 0 Å². The molecule has 8 heavy (non-hydrogen) atoms. The quantitative estimate of drug-likeness (QED) is 0.512. The molecule has 1 rings (SSSR count). The normalized spacial score (nSPS) is 38.1. The van der Waals surface area contributed by atoms with Crippen molar-refractivity contribution in [3.05, 3.63) is 0 Å². The van der Waals surface area contributed by atoms with Crippen molar-refractivity contribution >= 4 is 18.8 Å². The summed E-state index contributed by atoms with van der Waals surface area (Å²) >= 11 is 1.62. The maximum absolute atomic E-state index is 3.37. The zero-order chi connectivity index (χ0) is 5.98. The Kier molecular flexibility index (Phi) is 2.43. The van der Waals surface area contributed by atoms with E-state index >= 15 is 0 Å². The van der Waals surface area contributed by atoms with Crippen LogP contribution >= 0.6 is 0 Å². The van der Waals surface area contributed by atoms with Crippen molar-refractivity contribution in [2.75, 3.05) is 6.54 Å². The van der Waals surface area contributed by atoms with Crippen LogP contribution < -0.4 is 9.34 Å². The second kappa shape index (κ2) is 2.91. The van der Waals surface area contributed by atoms with Crippen LogP contribution in [0, 0.1) is 0 Å². The number of rotatable bonds is 1. The van der Waals surface area contributed by atoms with Crippen LogP contribution in [0.3, 0.4) is 0 Å². The second-order valence-electron chi connectivity index (χ2n) is 2.41. The van der Waals surface area contributed by atoms with Crippen LogP contribution in [0.1, 0.15) is 13.3 Å². The van der Waals surface area contributed by atoms with Gasteiger partial charge in [0.05, 0.1) is 0 Å². The molecule has 0 aliphatic carbocycles. The molecule has 0 aromatic rings. The molecule has 1 heterocycles. The van der Waals surface area contributed by atoms with Gasteiger partial charge in [-0.2, -0.15) is 0 Å². The Bertz CT molecular complexity index is 76.8. The molecule has 2 unspecified atom stereocenters. The Labute approximate surface area is 60.6 Å². The van der Waals surface area contributed by atoms with Gasteiger partial charge in [-0.05, 0) is 0 Å². The van der Waals surface area contributed by atoms with Crippen LogP contribution in [0.25, 0.3) is 0 Å². The van der Waals surface area contributed by atoms with Crippen LogP contribution in [0.15, 0.2) is 0 Å². The first kappa shape index (κ1) is 6.67. The predicted octanol–water partition coefficient (Wildman–Crippen LogP) is -0.590. The summed E-state index contributed by atoms with van der Waals surface area (Å²) in [5.74, 6) is 0. The van der Waals surface area contributed by atoms with E-state index in [4.69, 9.17) is 0 Å². The van der Waals surface area contributed by atoms with Crippen LogP contribution in [-0.2, 0) is 0 Å². The minimum absolute atomic E-state index is 0.725. The zero-order valence-electron chi connectivity index (χ0n) is 5.15. The number of hydrogen-bond acceptors (Lipinski definition) is 2. The number of nitrogens with one attached hydrogen (secondary N) is 2. The van der Waals surface area contributed by atoms with E-state index in [1.165, 1.54) is 6.42 Å². The fourth-order valence-electron chi connectivity index (χ4n) is 1.06. The van der Waals surface area contributed by atoms with Gasteiger partial charge in [0.1, 0.15) is 0 Å². The van der Waals surface area contributed by atoms with Crippen LogP contribution in [-0.4, -0.2) is 37.5 Å². The molecule has 2 nitrogen and oxygen atoms in total. The van der Waals surface area contributed by atoms with E-state index in [0.717, 1.165) is 18.6 Å². The predicted molar refractivity (Wildman–Crippen MR) is 34.8 cm³/mol. The molecule has 0 aromatic heterocycles. The average molecular weight is 169 g/mol. The maximum atomic E-state index is 3.37. The molecule has 2 N–H and O–H groups in total. The Balaban J connectivity index is 2.22. The summed E-state index contributed by atoms with van der Waals surface area (Å²) in [4.78, 5) is 0. The second-order valence-corrected chi connectivity index (χ2v) is 3.11. The van der Waals surface area contributed by atoms with E-state index in [1.807, 2.05) is 0 Å². The molecule has 0 spiro atoms. The number of hydrogen-bond donors (Lipinski definition) is 2. The minimum atomic E-state index is 0.725. The summed E-state index contributed by atoms with van der Waals surface area (Å²) in [5.41, 5.74) is 0. The Hall–Kier alpha value is 0.556. The van der Waals surface area contributed by atoms with Gasteiger partial charge in [0.2, 0.25) is 0 Å². The molecule has 2 atom stereocenters. The van der Waals surface area contributed by atoms with Crippen molar-refractivity contribution in [1.82, 2.24) is 9.34 Å². The molecule has 1 aliphatic heterocycles. The molecule has 1 fully saturated rings. The zero-order valence-corrected chi connectivity index (χ0v) is 7.57. The molecular weight excluding hydrogens is 158 g/mol. The SMILES string of the molecule is CC1CC([NH][Ga])CN1. The molecule has 3 heteroatoms. The fourth-order valence-corrected chi connectivity index (χ4v) is 1.60. The third kappa shape index (κ3) is 1.52. The summed E-state index contributed by atoms with van der Waals surface area (Å²) < 4.78 is 3.29. The van der Waals surface area contributed by atoms with E-state index < -0.39 is 0 Å². The molecule has 0 aromatic carbocycles. The van der Waals surface area contributed by atoms with E-state index in [1.54, 1.807) is 18.8 Å². The van der Waals surface area contributed by atoms with Gasteiger partial charge >= 0.3 is 60.2 Å². The molecule has 44 valence electrons. The standard InChI is InChI=1S/C5H11N2.Ga/c1-4-2-5(6)3-7-4;/h4-7H,2-3H2,1H3;/q-1;+1. The molecule has 1 saturated heterocycles. The first-order valence-corrected chi connectivity index (χ1v) is 4.23. The Morgan fingerprint density at radius 2 is 2.50 bits per heavy atom. The van der Waals surface area contributed by atoms with Crippen molar-refractivity contribution < 1.29 is 0 Å². The van der Waals surface area contributed by atoms with Crippen molar-refractivity contribution in [3.8, 4) is 0 Å². The summed E-state index contributed by atoms with van der Waals surface area (Å²) in [6, 6.07) is 1.47. The monoisotopic (exact) mass is 168 g/mol. The van der Waals surface area contributed by atoms with Gasteiger partial charge in [0, 0.05) is 0 Å². The third-order valence-electron chi connectivity index (χ3n) is 1.59. The molecule has 2 radical (unpaired) electrons. The van der Waals surface area contributed by atoms with E-state index in [-0.39, 0.29) is 0 Å². The Morgan fingerprint density at radius 3 is 2.75 bits per heavy atom. The molecule has 1 aliphatic rings. The average Bonchev–Trinajstić information content (AvgIpc) is 2.14. The van der Waals surface area contributed by atoms with Crippen LogP contribution in [0.5, 0.6) is 0 Å². The van der Waals surface area contributed by atoms with E-state index in [9.17, 15) is 0 Å². The Morgan fingerprint density at radius 1 is 1.75 bits per heavy atom. The molecular formula is C5H11GaN2. The summed E-state index contributed by atoms with van der Waals surface area (Å²) in [5, 5.41) is 3.37. The van der Waals surface area contributed by atoms with Crippen LogP contribution in [0.2, 0.25) is 0 Å². The summed E-state index contributed by atoms with van der Waals surface area (Å²) in [6.07, 6.45) is 1.29. The molecule has 0 amide bonds. The van der Waals surface area contributed by atoms with Gasteiger partial charge in [0.25, 0.3) is 0 Å². The van der Waals surface area contributed by atoms with Gasteiger partial charge in [-0.15, -0.1) is 0 Å². The summed E-state index contributed by atoms with van der Waals surface area (Å²) in [6.45, 7) is 3.38. The van der Waals surface area contributed by atoms with Crippen molar-refractivity contribution in [3.63, 3.8) is 0 Å². The van der Waals surface area contributed by atoms with E-state index in [2.05, 4.69) is 16.3 Å². The van der Waals surface area contributed by atoms with Gasteiger partial charge < -0.3 is 0 Å².